The van der Waals surface area contributed by atoms with Gasteiger partial charge < -0.3 is 9.64 Å². The summed E-state index contributed by atoms with van der Waals surface area (Å²) in [5.74, 6) is 1.48. The van der Waals surface area contributed by atoms with E-state index in [4.69, 9.17) is 4.74 Å². The van der Waals surface area contributed by atoms with Crippen molar-refractivity contribution in [1.29, 1.82) is 0 Å². The molecule has 1 saturated heterocycles. The Morgan fingerprint density at radius 1 is 1.14 bits per heavy atom. The second-order valence-corrected chi connectivity index (χ2v) is 10.5. The lowest BCUT2D eigenvalue weighted by Crippen LogP contribution is -2.38. The van der Waals surface area contributed by atoms with Gasteiger partial charge in [0.15, 0.2) is 9.84 Å². The van der Waals surface area contributed by atoms with Gasteiger partial charge in [-0.25, -0.2) is 8.42 Å². The molecule has 0 bridgehead atoms. The van der Waals surface area contributed by atoms with Gasteiger partial charge in [-0.15, -0.1) is 11.8 Å². The first-order chi connectivity index (χ1) is 13.5. The van der Waals surface area contributed by atoms with Gasteiger partial charge in [0.25, 0.3) is 0 Å². The molecule has 2 aliphatic rings. The number of likely N-dealkylation sites (tertiary alicyclic amines) is 1. The number of benzene rings is 2. The average Bonchev–Trinajstić information content (AvgIpc) is 3.24. The lowest BCUT2D eigenvalue weighted by atomic mass is 9.98. The molecule has 1 fully saturated rings. The molecule has 2 unspecified atom stereocenters. The first-order valence-electron chi connectivity index (χ1n) is 9.37. The highest BCUT2D eigenvalue weighted by Crippen LogP contribution is 2.40. The van der Waals surface area contributed by atoms with Crippen molar-refractivity contribution in [3.05, 3.63) is 54.1 Å². The lowest BCUT2D eigenvalue weighted by molar-refractivity contribution is -0.133. The third-order valence-corrected chi connectivity index (χ3v) is 9.00. The highest BCUT2D eigenvalue weighted by molar-refractivity contribution is 7.99. The van der Waals surface area contributed by atoms with E-state index in [0.717, 1.165) is 16.2 Å². The van der Waals surface area contributed by atoms with E-state index in [9.17, 15) is 13.2 Å². The van der Waals surface area contributed by atoms with E-state index in [0.29, 0.717) is 30.0 Å². The van der Waals surface area contributed by atoms with Crippen LogP contribution in [0.15, 0.2) is 58.3 Å². The second kappa shape index (κ2) is 7.79. The molecule has 2 atom stereocenters. The summed E-state index contributed by atoms with van der Waals surface area (Å²) in [6, 6.07) is 14.4. The fourth-order valence-corrected chi connectivity index (χ4v) is 6.93. The summed E-state index contributed by atoms with van der Waals surface area (Å²) in [7, 11) is -1.75. The number of hydrogen-bond donors (Lipinski definition) is 0. The Kier molecular flexibility index (Phi) is 5.38. The van der Waals surface area contributed by atoms with E-state index < -0.39 is 15.1 Å². The van der Waals surface area contributed by atoms with Crippen molar-refractivity contribution in [2.75, 3.05) is 26.0 Å². The van der Waals surface area contributed by atoms with Gasteiger partial charge in [-0.3, -0.25) is 4.79 Å². The van der Waals surface area contributed by atoms with Crippen LogP contribution in [0.2, 0.25) is 0 Å². The van der Waals surface area contributed by atoms with E-state index in [-0.39, 0.29) is 18.4 Å². The summed E-state index contributed by atoms with van der Waals surface area (Å²) in [5.41, 5.74) is 1.13. The lowest BCUT2D eigenvalue weighted by Gasteiger charge is -2.28. The van der Waals surface area contributed by atoms with Gasteiger partial charge in [-0.2, -0.15) is 0 Å². The van der Waals surface area contributed by atoms with Crippen molar-refractivity contribution in [2.45, 2.75) is 27.9 Å². The van der Waals surface area contributed by atoms with Crippen LogP contribution in [0.3, 0.4) is 0 Å². The summed E-state index contributed by atoms with van der Waals surface area (Å²) in [6.45, 7) is 0.782. The van der Waals surface area contributed by atoms with Gasteiger partial charge in [0, 0.05) is 18.8 Å². The van der Waals surface area contributed by atoms with E-state index in [1.165, 1.54) is 0 Å². The molecule has 2 aromatic rings. The van der Waals surface area contributed by atoms with Crippen LogP contribution in [-0.4, -0.2) is 50.4 Å². The zero-order valence-corrected chi connectivity index (χ0v) is 17.3. The van der Waals surface area contributed by atoms with Crippen LogP contribution in [0.1, 0.15) is 12.0 Å². The van der Waals surface area contributed by atoms with Crippen LogP contribution >= 0.6 is 11.8 Å². The average molecular weight is 418 g/mol. The molecule has 0 saturated carbocycles. The molecular formula is C21H23NO4S2. The summed E-state index contributed by atoms with van der Waals surface area (Å²) in [6.07, 6.45) is 1.16. The number of carbonyl (C=O) groups excluding carboxylic acids is 1. The van der Waals surface area contributed by atoms with E-state index >= 15 is 0 Å². The smallest absolute Gasteiger partial charge is 0.226 e. The molecular weight excluding hydrogens is 394 g/mol. The molecule has 2 aliphatic heterocycles. The van der Waals surface area contributed by atoms with Crippen molar-refractivity contribution in [3.8, 4) is 5.75 Å². The topological polar surface area (TPSA) is 63.7 Å². The van der Waals surface area contributed by atoms with Crippen molar-refractivity contribution in [2.24, 2.45) is 5.92 Å². The van der Waals surface area contributed by atoms with Crippen LogP contribution < -0.4 is 4.74 Å². The Labute approximate surface area is 170 Å². The number of sulfone groups is 1. The normalized spacial score (nSPS) is 22.0. The standard InChI is InChI=1S/C21H23NO4S2/c1-26-19-9-5-6-15-12-16(14-27-20(15)19)21(23)22-11-10-18(13-22)28(24,25)17-7-3-2-4-8-17/h2-9,16,18H,10-14H2,1H3. The Hall–Kier alpha value is -1.99. The SMILES string of the molecule is COc1cccc2c1SCC(C(=O)N1CCC(S(=O)(=O)c3ccccc3)C1)C2. The molecule has 0 spiro atoms. The van der Waals surface area contributed by atoms with Gasteiger partial charge >= 0.3 is 0 Å². The minimum absolute atomic E-state index is 0.0618. The highest BCUT2D eigenvalue weighted by Gasteiger charge is 2.38. The molecule has 1 amide bonds. The predicted molar refractivity (Wildman–Crippen MR) is 110 cm³/mol. The maximum Gasteiger partial charge on any atom is 0.226 e. The van der Waals surface area contributed by atoms with Gasteiger partial charge in [0.1, 0.15) is 5.75 Å². The van der Waals surface area contributed by atoms with Crippen LogP contribution in [0, 0.1) is 5.92 Å². The molecule has 4 rings (SSSR count). The molecule has 0 radical (unpaired) electrons. The van der Waals surface area contributed by atoms with Crippen molar-refractivity contribution in [3.63, 3.8) is 0 Å². The second-order valence-electron chi connectivity index (χ2n) is 7.21. The van der Waals surface area contributed by atoms with Crippen LogP contribution in [0.4, 0.5) is 0 Å². The minimum atomic E-state index is -3.41. The highest BCUT2D eigenvalue weighted by atomic mass is 32.2. The van der Waals surface area contributed by atoms with Crippen molar-refractivity contribution < 1.29 is 17.9 Å². The molecule has 2 aromatic carbocycles. The number of thioether (sulfide) groups is 1. The quantitative estimate of drug-likeness (QED) is 0.765. The third-order valence-electron chi connectivity index (χ3n) is 5.49. The Morgan fingerprint density at radius 3 is 2.68 bits per heavy atom. The first kappa shape index (κ1) is 19.3. The molecule has 7 heteroatoms. The number of fused-ring (bicyclic) bond motifs is 1. The van der Waals surface area contributed by atoms with Crippen molar-refractivity contribution >= 4 is 27.5 Å². The summed E-state index contributed by atoms with van der Waals surface area (Å²) >= 11 is 1.65. The number of ether oxygens (including phenoxy) is 1. The monoisotopic (exact) mass is 417 g/mol. The Morgan fingerprint density at radius 2 is 1.93 bits per heavy atom. The third kappa shape index (κ3) is 3.53. The van der Waals surface area contributed by atoms with Crippen molar-refractivity contribution in [1.82, 2.24) is 4.90 Å². The molecule has 0 aliphatic carbocycles. The van der Waals surface area contributed by atoms with Gasteiger partial charge in [-0.1, -0.05) is 30.3 Å². The molecule has 0 N–H and O–H groups in total. The maximum atomic E-state index is 13.1. The van der Waals surface area contributed by atoms with Gasteiger partial charge in [0.05, 0.1) is 28.1 Å². The molecule has 2 heterocycles. The number of carbonyl (C=O) groups is 1. The molecule has 148 valence electrons. The van der Waals surface area contributed by atoms with E-state index in [2.05, 4.69) is 0 Å². The minimum Gasteiger partial charge on any atom is -0.496 e. The zero-order valence-electron chi connectivity index (χ0n) is 15.7. The number of amides is 1. The number of nitrogens with zero attached hydrogens (tertiary/aromatic N) is 1. The summed E-state index contributed by atoms with van der Waals surface area (Å²) < 4.78 is 31.1. The van der Waals surface area contributed by atoms with E-state index in [1.807, 2.05) is 18.2 Å². The Bertz CT molecular complexity index is 975. The summed E-state index contributed by atoms with van der Waals surface area (Å²) in [4.78, 5) is 16.2. The largest absolute Gasteiger partial charge is 0.496 e. The number of hydrogen-bond acceptors (Lipinski definition) is 5. The Balaban J connectivity index is 1.46. The van der Waals surface area contributed by atoms with Crippen LogP contribution in [0.5, 0.6) is 5.75 Å². The number of methoxy groups -OCH3 is 1. The van der Waals surface area contributed by atoms with Crippen LogP contribution in [-0.2, 0) is 21.1 Å². The number of rotatable bonds is 4. The summed E-state index contributed by atoms with van der Waals surface area (Å²) in [5, 5.41) is -0.525. The van der Waals surface area contributed by atoms with Gasteiger partial charge in [0.2, 0.25) is 5.91 Å². The fourth-order valence-electron chi connectivity index (χ4n) is 3.96. The zero-order chi connectivity index (χ0) is 19.7. The molecule has 0 aromatic heterocycles. The van der Waals surface area contributed by atoms with Gasteiger partial charge in [-0.05, 0) is 36.6 Å². The molecule has 5 nitrogen and oxygen atoms in total. The maximum absolute atomic E-state index is 13.1. The van der Waals surface area contributed by atoms with Crippen LogP contribution in [0.25, 0.3) is 0 Å². The van der Waals surface area contributed by atoms with E-state index in [1.54, 1.807) is 54.1 Å². The fraction of sp³-hybridized carbons (Fsp3) is 0.381. The predicted octanol–water partition coefficient (Wildman–Crippen LogP) is 3.03. The molecule has 28 heavy (non-hydrogen) atoms. The first-order valence-corrected chi connectivity index (χ1v) is 11.9.